The molecule has 0 aliphatic carbocycles. The van der Waals surface area contributed by atoms with E-state index in [-0.39, 0.29) is 23.8 Å². The molecule has 11 heteroatoms. The topological polar surface area (TPSA) is 134 Å². The molecule has 0 saturated carbocycles. The predicted octanol–water partition coefficient (Wildman–Crippen LogP) is 3.02. The number of rotatable bonds is 7. The van der Waals surface area contributed by atoms with E-state index < -0.39 is 5.97 Å². The van der Waals surface area contributed by atoms with Crippen LogP contribution in [0.4, 0.5) is 5.00 Å². The molecule has 3 aromatic heterocycles. The van der Waals surface area contributed by atoms with E-state index in [0.29, 0.717) is 32.1 Å². The Labute approximate surface area is 174 Å². The minimum absolute atomic E-state index is 0.0378. The number of thioether (sulfide) groups is 1. The van der Waals surface area contributed by atoms with Crippen molar-refractivity contribution in [3.8, 4) is 17.6 Å². The minimum Gasteiger partial charge on any atom is -0.462 e. The van der Waals surface area contributed by atoms with Crippen LogP contribution >= 0.6 is 23.1 Å². The molecule has 3 rings (SSSR count). The van der Waals surface area contributed by atoms with Gasteiger partial charge in [0.15, 0.2) is 5.82 Å². The van der Waals surface area contributed by atoms with Gasteiger partial charge in [0, 0.05) is 6.20 Å². The van der Waals surface area contributed by atoms with E-state index in [2.05, 4.69) is 25.5 Å². The number of carbonyl (C=O) groups is 2. The van der Waals surface area contributed by atoms with Crippen molar-refractivity contribution >= 4 is 40.0 Å². The number of aromatic nitrogens is 4. The van der Waals surface area contributed by atoms with Crippen LogP contribution in [-0.4, -0.2) is 44.4 Å². The van der Waals surface area contributed by atoms with Crippen molar-refractivity contribution in [3.63, 3.8) is 0 Å². The summed E-state index contributed by atoms with van der Waals surface area (Å²) in [6.07, 6.45) is 1.65. The Morgan fingerprint density at radius 1 is 1.41 bits per heavy atom. The van der Waals surface area contributed by atoms with Crippen LogP contribution in [-0.2, 0) is 9.53 Å². The molecule has 0 radical (unpaired) electrons. The maximum Gasteiger partial charge on any atom is 0.348 e. The first-order valence-electron chi connectivity index (χ1n) is 8.50. The highest BCUT2D eigenvalue weighted by molar-refractivity contribution is 7.99. The number of ether oxygens (including phenoxy) is 1. The average Bonchev–Trinajstić information content (AvgIpc) is 3.32. The average molecular weight is 428 g/mol. The number of pyridine rings is 1. The third-order valence-electron chi connectivity index (χ3n) is 3.68. The first kappa shape index (κ1) is 20.5. The number of amides is 1. The molecule has 3 aromatic rings. The molecule has 0 spiro atoms. The summed E-state index contributed by atoms with van der Waals surface area (Å²) >= 11 is 2.17. The van der Waals surface area contributed by atoms with Crippen molar-refractivity contribution in [2.75, 3.05) is 17.7 Å². The molecule has 1 amide bonds. The van der Waals surface area contributed by atoms with E-state index in [9.17, 15) is 14.9 Å². The van der Waals surface area contributed by atoms with Crippen molar-refractivity contribution < 1.29 is 14.3 Å². The fourth-order valence-electron chi connectivity index (χ4n) is 2.35. The van der Waals surface area contributed by atoms with Gasteiger partial charge in [0.05, 0.1) is 17.9 Å². The SMILES string of the molecule is CCOC(=O)c1sc(NC(=O)CSc2n[nH]c(-c3ccccn3)n2)c(C#N)c1C. The number of hydrogen-bond acceptors (Lipinski definition) is 9. The van der Waals surface area contributed by atoms with Crippen molar-refractivity contribution in [2.45, 2.75) is 19.0 Å². The summed E-state index contributed by atoms with van der Waals surface area (Å²) in [6.45, 7) is 3.58. The largest absolute Gasteiger partial charge is 0.462 e. The van der Waals surface area contributed by atoms with Gasteiger partial charge in [-0.2, -0.15) is 10.2 Å². The number of anilines is 1. The van der Waals surface area contributed by atoms with Gasteiger partial charge in [0.2, 0.25) is 11.1 Å². The summed E-state index contributed by atoms with van der Waals surface area (Å²) in [7, 11) is 0. The standard InChI is InChI=1S/C18H16N6O3S2/c1-3-27-17(26)14-10(2)11(8-19)16(29-14)21-13(25)9-28-18-22-15(23-24-18)12-6-4-5-7-20-12/h4-7H,3,9H2,1-2H3,(H,21,25)(H,22,23,24). The molecular formula is C18H16N6O3S2. The molecule has 0 aromatic carbocycles. The maximum atomic E-state index is 12.3. The second-order valence-electron chi connectivity index (χ2n) is 5.61. The van der Waals surface area contributed by atoms with Crippen LogP contribution in [0.1, 0.15) is 27.7 Å². The summed E-state index contributed by atoms with van der Waals surface area (Å²) in [4.78, 5) is 33.1. The highest BCUT2D eigenvalue weighted by atomic mass is 32.2. The van der Waals surface area contributed by atoms with Gasteiger partial charge in [-0.3, -0.25) is 14.9 Å². The van der Waals surface area contributed by atoms with E-state index in [1.165, 1.54) is 0 Å². The fourth-order valence-corrected chi connectivity index (χ4v) is 4.01. The molecule has 0 unspecified atom stereocenters. The number of nitrogens with one attached hydrogen (secondary N) is 2. The molecular weight excluding hydrogens is 412 g/mol. The molecule has 0 fully saturated rings. The predicted molar refractivity (Wildman–Crippen MR) is 109 cm³/mol. The van der Waals surface area contributed by atoms with E-state index in [1.807, 2.05) is 12.1 Å². The van der Waals surface area contributed by atoms with Crippen LogP contribution in [0.2, 0.25) is 0 Å². The molecule has 0 aliphatic rings. The third kappa shape index (κ3) is 4.79. The van der Waals surface area contributed by atoms with Gasteiger partial charge in [-0.1, -0.05) is 17.8 Å². The normalized spacial score (nSPS) is 10.4. The first-order chi connectivity index (χ1) is 14.0. The quantitative estimate of drug-likeness (QED) is 0.433. The monoisotopic (exact) mass is 428 g/mol. The molecule has 148 valence electrons. The molecule has 3 heterocycles. The Hall–Kier alpha value is -3.23. The molecule has 0 bridgehead atoms. The van der Waals surface area contributed by atoms with Gasteiger partial charge >= 0.3 is 5.97 Å². The Kier molecular flexibility index (Phi) is 6.58. The summed E-state index contributed by atoms with van der Waals surface area (Å²) in [6, 6.07) is 7.46. The molecule has 9 nitrogen and oxygen atoms in total. The second kappa shape index (κ2) is 9.31. The molecule has 29 heavy (non-hydrogen) atoms. The van der Waals surface area contributed by atoms with Gasteiger partial charge in [0.25, 0.3) is 0 Å². The lowest BCUT2D eigenvalue weighted by atomic mass is 10.2. The molecule has 0 saturated heterocycles. The number of hydrogen-bond donors (Lipinski definition) is 2. The van der Waals surface area contributed by atoms with Crippen LogP contribution in [0.5, 0.6) is 0 Å². The first-order valence-corrected chi connectivity index (χ1v) is 10.3. The summed E-state index contributed by atoms with van der Waals surface area (Å²) < 4.78 is 4.99. The Morgan fingerprint density at radius 2 is 2.24 bits per heavy atom. The maximum absolute atomic E-state index is 12.3. The summed E-state index contributed by atoms with van der Waals surface area (Å²) in [5.41, 5.74) is 1.40. The van der Waals surface area contributed by atoms with Gasteiger partial charge < -0.3 is 10.1 Å². The van der Waals surface area contributed by atoms with Gasteiger partial charge in [-0.05, 0) is 31.5 Å². The van der Waals surface area contributed by atoms with Crippen molar-refractivity contribution in [1.82, 2.24) is 20.2 Å². The van der Waals surface area contributed by atoms with E-state index in [1.54, 1.807) is 32.2 Å². The zero-order valence-electron chi connectivity index (χ0n) is 15.6. The van der Waals surface area contributed by atoms with Gasteiger partial charge in [0.1, 0.15) is 21.6 Å². The van der Waals surface area contributed by atoms with Crippen LogP contribution in [0.15, 0.2) is 29.6 Å². The van der Waals surface area contributed by atoms with Gasteiger partial charge in [-0.15, -0.1) is 16.4 Å². The number of aromatic amines is 1. The zero-order valence-corrected chi connectivity index (χ0v) is 17.2. The number of nitrogens with zero attached hydrogens (tertiary/aromatic N) is 4. The Bertz CT molecular complexity index is 1070. The minimum atomic E-state index is -0.510. The zero-order chi connectivity index (χ0) is 20.8. The number of H-pyrrole nitrogens is 1. The lowest BCUT2D eigenvalue weighted by molar-refractivity contribution is -0.113. The smallest absolute Gasteiger partial charge is 0.348 e. The molecule has 0 aliphatic heterocycles. The second-order valence-corrected chi connectivity index (χ2v) is 7.57. The number of carbonyl (C=O) groups excluding carboxylic acids is 2. The van der Waals surface area contributed by atoms with Crippen molar-refractivity contribution in [2.24, 2.45) is 0 Å². The molecule has 2 N–H and O–H groups in total. The Morgan fingerprint density at radius 3 is 2.93 bits per heavy atom. The summed E-state index contributed by atoms with van der Waals surface area (Å²) in [5.74, 6) is -0.305. The summed E-state index contributed by atoms with van der Waals surface area (Å²) in [5, 5.41) is 19.6. The van der Waals surface area contributed by atoms with E-state index in [0.717, 1.165) is 23.1 Å². The van der Waals surface area contributed by atoms with Crippen LogP contribution < -0.4 is 5.32 Å². The highest BCUT2D eigenvalue weighted by Crippen LogP contribution is 2.33. The number of esters is 1. The van der Waals surface area contributed by atoms with Crippen LogP contribution in [0.25, 0.3) is 11.5 Å². The number of nitriles is 1. The fraction of sp³-hybridized carbons (Fsp3) is 0.222. The molecule has 0 atom stereocenters. The third-order valence-corrected chi connectivity index (χ3v) is 5.71. The van der Waals surface area contributed by atoms with E-state index in [4.69, 9.17) is 4.74 Å². The van der Waals surface area contributed by atoms with Crippen LogP contribution in [0.3, 0.4) is 0 Å². The van der Waals surface area contributed by atoms with Gasteiger partial charge in [-0.25, -0.2) is 4.79 Å². The van der Waals surface area contributed by atoms with E-state index >= 15 is 0 Å². The van der Waals surface area contributed by atoms with Crippen molar-refractivity contribution in [3.05, 3.63) is 40.4 Å². The van der Waals surface area contributed by atoms with Crippen molar-refractivity contribution in [1.29, 1.82) is 5.26 Å². The van der Waals surface area contributed by atoms with Crippen LogP contribution in [0, 0.1) is 18.3 Å². The number of thiophene rings is 1. The lowest BCUT2D eigenvalue weighted by Gasteiger charge is -2.01. The lowest BCUT2D eigenvalue weighted by Crippen LogP contribution is -2.14. The Balaban J connectivity index is 1.64. The highest BCUT2D eigenvalue weighted by Gasteiger charge is 2.22.